The van der Waals surface area contributed by atoms with Crippen LogP contribution in [0.4, 0.5) is 8.78 Å². The smallest absolute Gasteiger partial charge is 0.181 e. The molecule has 132 valence electrons. The van der Waals surface area contributed by atoms with E-state index in [-0.39, 0.29) is 5.56 Å². The molecule has 3 rings (SSSR count). The van der Waals surface area contributed by atoms with Crippen LogP contribution in [0.5, 0.6) is 0 Å². The third-order valence-electron chi connectivity index (χ3n) is 3.81. The van der Waals surface area contributed by atoms with Gasteiger partial charge in [-0.3, -0.25) is 0 Å². The van der Waals surface area contributed by atoms with Crippen LogP contribution in [0.3, 0.4) is 0 Å². The second-order valence-electron chi connectivity index (χ2n) is 5.69. The van der Waals surface area contributed by atoms with Gasteiger partial charge in [-0.15, -0.1) is 0 Å². The summed E-state index contributed by atoms with van der Waals surface area (Å²) in [5, 5.41) is 12.8. The Morgan fingerprint density at radius 1 is 1.08 bits per heavy atom. The van der Waals surface area contributed by atoms with E-state index in [2.05, 4.69) is 5.16 Å². The molecule has 0 N–H and O–H groups in total. The summed E-state index contributed by atoms with van der Waals surface area (Å²) in [6.07, 6.45) is 0.737. The summed E-state index contributed by atoms with van der Waals surface area (Å²) in [6.45, 7) is 1.58. The SMILES string of the molecule is Cc1onc(-c2ccc(C#N)cc2)c1-c1cc(F)c(S(C)(=O)=O)c(F)c1. The van der Waals surface area contributed by atoms with Crippen molar-refractivity contribution < 1.29 is 21.7 Å². The molecular formula is C18H12F2N2O3S. The van der Waals surface area contributed by atoms with Crippen LogP contribution in [-0.2, 0) is 9.84 Å². The standard InChI is InChI=1S/C18H12F2N2O3S/c1-10-16(13-7-14(19)18(15(20)8-13)26(2,23)24)17(22-25-10)12-5-3-11(9-21)4-6-12/h3-8H,1-2H3. The Hall–Kier alpha value is -3.05. The molecule has 0 saturated heterocycles. The molecule has 0 atom stereocenters. The highest BCUT2D eigenvalue weighted by molar-refractivity contribution is 7.90. The first-order chi connectivity index (χ1) is 12.2. The van der Waals surface area contributed by atoms with Gasteiger partial charge in [-0.2, -0.15) is 5.26 Å². The zero-order chi connectivity index (χ0) is 19.1. The summed E-state index contributed by atoms with van der Waals surface area (Å²) >= 11 is 0. The predicted molar refractivity (Wildman–Crippen MR) is 89.9 cm³/mol. The van der Waals surface area contributed by atoms with Crippen molar-refractivity contribution in [2.24, 2.45) is 0 Å². The number of halogens is 2. The average Bonchev–Trinajstić information content (AvgIpc) is 2.94. The molecule has 8 heteroatoms. The predicted octanol–water partition coefficient (Wildman–Crippen LogP) is 3.87. The van der Waals surface area contributed by atoms with Gasteiger partial charge in [0, 0.05) is 11.8 Å². The van der Waals surface area contributed by atoms with E-state index in [1.807, 2.05) is 6.07 Å². The van der Waals surface area contributed by atoms with E-state index in [0.29, 0.717) is 28.1 Å². The number of nitriles is 1. The summed E-state index contributed by atoms with van der Waals surface area (Å²) in [6, 6.07) is 10.3. The number of aryl methyl sites for hydroxylation is 1. The fourth-order valence-corrected chi connectivity index (χ4v) is 3.50. The van der Waals surface area contributed by atoms with Crippen LogP contribution in [-0.4, -0.2) is 19.8 Å². The molecule has 0 bridgehead atoms. The van der Waals surface area contributed by atoms with Gasteiger partial charge < -0.3 is 4.52 Å². The van der Waals surface area contributed by atoms with E-state index in [0.717, 1.165) is 18.4 Å². The molecule has 0 unspecified atom stereocenters. The minimum absolute atomic E-state index is 0.102. The molecular weight excluding hydrogens is 362 g/mol. The van der Waals surface area contributed by atoms with E-state index in [9.17, 15) is 17.2 Å². The normalized spacial score (nSPS) is 11.3. The van der Waals surface area contributed by atoms with E-state index >= 15 is 0 Å². The number of sulfone groups is 1. The van der Waals surface area contributed by atoms with Crippen molar-refractivity contribution in [2.45, 2.75) is 11.8 Å². The van der Waals surface area contributed by atoms with Gasteiger partial charge in [0.2, 0.25) is 0 Å². The first kappa shape index (κ1) is 17.8. The molecule has 26 heavy (non-hydrogen) atoms. The maximum Gasteiger partial charge on any atom is 0.181 e. The molecule has 0 spiro atoms. The number of rotatable bonds is 3. The average molecular weight is 374 g/mol. The Balaban J connectivity index is 2.20. The van der Waals surface area contributed by atoms with Crippen molar-refractivity contribution in [2.75, 3.05) is 6.26 Å². The molecule has 0 aliphatic rings. The van der Waals surface area contributed by atoms with Crippen molar-refractivity contribution in [1.29, 1.82) is 5.26 Å². The molecule has 0 fully saturated rings. The van der Waals surface area contributed by atoms with Gasteiger partial charge in [0.05, 0.1) is 17.2 Å². The lowest BCUT2D eigenvalue weighted by Gasteiger charge is -2.08. The van der Waals surface area contributed by atoms with Gasteiger partial charge in [-0.05, 0) is 36.8 Å². The Morgan fingerprint density at radius 3 is 2.15 bits per heavy atom. The van der Waals surface area contributed by atoms with Gasteiger partial charge >= 0.3 is 0 Å². The van der Waals surface area contributed by atoms with Crippen molar-refractivity contribution in [3.8, 4) is 28.5 Å². The highest BCUT2D eigenvalue weighted by atomic mass is 32.2. The third kappa shape index (κ3) is 3.09. The van der Waals surface area contributed by atoms with Crippen LogP contribution in [0.15, 0.2) is 45.8 Å². The van der Waals surface area contributed by atoms with E-state index in [4.69, 9.17) is 9.78 Å². The summed E-state index contributed by atoms with van der Waals surface area (Å²) in [5.41, 5.74) is 1.81. The zero-order valence-electron chi connectivity index (χ0n) is 13.7. The summed E-state index contributed by atoms with van der Waals surface area (Å²) in [4.78, 5) is -0.977. The lowest BCUT2D eigenvalue weighted by atomic mass is 9.98. The van der Waals surface area contributed by atoms with Crippen LogP contribution in [0, 0.1) is 29.9 Å². The Labute approximate surface area is 148 Å². The highest BCUT2D eigenvalue weighted by Crippen LogP contribution is 2.36. The number of benzene rings is 2. The number of aromatic nitrogens is 1. The quantitative estimate of drug-likeness (QED) is 0.695. The molecule has 2 aromatic carbocycles. The lowest BCUT2D eigenvalue weighted by Crippen LogP contribution is -2.05. The lowest BCUT2D eigenvalue weighted by molar-refractivity contribution is 0.400. The summed E-state index contributed by atoms with van der Waals surface area (Å²) < 4.78 is 56.8. The van der Waals surface area contributed by atoms with Gasteiger partial charge in [0.1, 0.15) is 28.0 Å². The number of nitrogens with zero attached hydrogens (tertiary/aromatic N) is 2. The largest absolute Gasteiger partial charge is 0.360 e. The zero-order valence-corrected chi connectivity index (χ0v) is 14.6. The monoisotopic (exact) mass is 374 g/mol. The molecule has 0 aliphatic carbocycles. The Kier molecular flexibility index (Phi) is 4.34. The summed E-state index contributed by atoms with van der Waals surface area (Å²) in [7, 11) is -4.05. The second kappa shape index (κ2) is 6.35. The third-order valence-corrected chi connectivity index (χ3v) is 4.94. The minimum atomic E-state index is -4.05. The highest BCUT2D eigenvalue weighted by Gasteiger charge is 2.24. The maximum absolute atomic E-state index is 14.3. The van der Waals surface area contributed by atoms with Gasteiger partial charge in [-0.25, -0.2) is 17.2 Å². The van der Waals surface area contributed by atoms with Gasteiger partial charge in [0.25, 0.3) is 0 Å². The van der Waals surface area contributed by atoms with Crippen LogP contribution in [0.2, 0.25) is 0 Å². The Morgan fingerprint density at radius 2 is 1.65 bits per heavy atom. The van der Waals surface area contributed by atoms with Crippen molar-refractivity contribution in [1.82, 2.24) is 5.16 Å². The van der Waals surface area contributed by atoms with Crippen LogP contribution >= 0.6 is 0 Å². The molecule has 0 amide bonds. The molecule has 1 aromatic heterocycles. The van der Waals surface area contributed by atoms with Crippen molar-refractivity contribution >= 4 is 9.84 Å². The number of hydrogen-bond acceptors (Lipinski definition) is 5. The minimum Gasteiger partial charge on any atom is -0.360 e. The first-order valence-corrected chi connectivity index (χ1v) is 9.28. The molecule has 5 nitrogen and oxygen atoms in total. The molecule has 0 saturated carbocycles. The summed E-state index contributed by atoms with van der Waals surface area (Å²) in [5.74, 6) is -2.06. The Bertz CT molecular complexity index is 1120. The molecule has 0 aliphatic heterocycles. The number of hydrogen-bond donors (Lipinski definition) is 0. The van der Waals surface area contributed by atoms with E-state index in [1.165, 1.54) is 0 Å². The first-order valence-electron chi connectivity index (χ1n) is 7.38. The molecule has 1 heterocycles. The van der Waals surface area contributed by atoms with Gasteiger partial charge in [-0.1, -0.05) is 17.3 Å². The van der Waals surface area contributed by atoms with Crippen LogP contribution in [0.25, 0.3) is 22.4 Å². The van der Waals surface area contributed by atoms with E-state index < -0.39 is 26.4 Å². The van der Waals surface area contributed by atoms with Gasteiger partial charge in [0.15, 0.2) is 9.84 Å². The van der Waals surface area contributed by atoms with Crippen LogP contribution in [0.1, 0.15) is 11.3 Å². The van der Waals surface area contributed by atoms with Crippen molar-refractivity contribution in [3.05, 3.63) is 59.4 Å². The maximum atomic E-state index is 14.3. The van der Waals surface area contributed by atoms with Crippen LogP contribution < -0.4 is 0 Å². The van der Waals surface area contributed by atoms with E-state index in [1.54, 1.807) is 31.2 Å². The molecule has 3 aromatic rings. The topological polar surface area (TPSA) is 84.0 Å². The van der Waals surface area contributed by atoms with Crippen molar-refractivity contribution in [3.63, 3.8) is 0 Å². The molecule has 0 radical (unpaired) electrons. The fourth-order valence-electron chi connectivity index (χ4n) is 2.67. The fraction of sp³-hybridized carbons (Fsp3) is 0.111. The second-order valence-corrected chi connectivity index (χ2v) is 7.65.